The molecule has 26 heavy (non-hydrogen) atoms. The SMILES string of the molecule is CC(C)CCN[C@H](C)c1nc2ccccc2c(=O)n1-c1ccccc1Cl. The monoisotopic (exact) mass is 369 g/mol. The number of fused-ring (bicyclic) bond motifs is 1. The second kappa shape index (κ2) is 8.02. The lowest BCUT2D eigenvalue weighted by molar-refractivity contribution is 0.479. The van der Waals surface area contributed by atoms with E-state index in [4.69, 9.17) is 16.6 Å². The standard InChI is InChI=1S/C21H24ClN3O/c1-14(2)12-13-23-15(3)20-24-18-10-6-4-8-16(18)21(26)25(20)19-11-7-5-9-17(19)22/h4-11,14-15,23H,12-13H2,1-3H3/t15-/m1/s1. The molecule has 0 spiro atoms. The van der Waals surface area contributed by atoms with E-state index >= 15 is 0 Å². The minimum Gasteiger partial charge on any atom is -0.308 e. The van der Waals surface area contributed by atoms with Gasteiger partial charge >= 0.3 is 0 Å². The predicted octanol–water partition coefficient (Wildman–Crippen LogP) is 4.74. The lowest BCUT2D eigenvalue weighted by atomic mass is 10.1. The van der Waals surface area contributed by atoms with Crippen LogP contribution in [0, 0.1) is 5.92 Å². The molecule has 0 saturated carbocycles. The Morgan fingerprint density at radius 3 is 2.50 bits per heavy atom. The molecule has 3 rings (SSSR count). The van der Waals surface area contributed by atoms with Gasteiger partial charge < -0.3 is 5.32 Å². The molecule has 1 N–H and O–H groups in total. The molecule has 3 aromatic rings. The summed E-state index contributed by atoms with van der Waals surface area (Å²) in [5, 5.41) is 4.60. The molecule has 0 saturated heterocycles. The van der Waals surface area contributed by atoms with Gasteiger partial charge in [-0.05, 0) is 50.1 Å². The van der Waals surface area contributed by atoms with Gasteiger partial charge in [-0.3, -0.25) is 9.36 Å². The molecule has 1 aromatic heterocycles. The van der Waals surface area contributed by atoms with E-state index in [2.05, 4.69) is 19.2 Å². The van der Waals surface area contributed by atoms with Gasteiger partial charge in [-0.25, -0.2) is 4.98 Å². The number of rotatable bonds is 6. The van der Waals surface area contributed by atoms with Crippen molar-refractivity contribution in [2.24, 2.45) is 5.92 Å². The molecule has 1 atom stereocenters. The summed E-state index contributed by atoms with van der Waals surface area (Å²) in [4.78, 5) is 18.0. The smallest absolute Gasteiger partial charge is 0.266 e. The molecule has 0 aliphatic carbocycles. The summed E-state index contributed by atoms with van der Waals surface area (Å²) in [5.41, 5.74) is 1.26. The van der Waals surface area contributed by atoms with Crippen LogP contribution in [-0.4, -0.2) is 16.1 Å². The number of halogens is 1. The number of aromatic nitrogens is 2. The molecule has 4 nitrogen and oxygen atoms in total. The van der Waals surface area contributed by atoms with Crippen molar-refractivity contribution < 1.29 is 0 Å². The summed E-state index contributed by atoms with van der Waals surface area (Å²) in [7, 11) is 0. The van der Waals surface area contributed by atoms with E-state index in [1.54, 1.807) is 16.7 Å². The Morgan fingerprint density at radius 1 is 1.08 bits per heavy atom. The third kappa shape index (κ3) is 3.81. The number of nitrogens with zero attached hydrogens (tertiary/aromatic N) is 2. The van der Waals surface area contributed by atoms with E-state index in [0.717, 1.165) is 13.0 Å². The highest BCUT2D eigenvalue weighted by atomic mass is 35.5. The molecule has 0 radical (unpaired) electrons. The number of para-hydroxylation sites is 2. The lowest BCUT2D eigenvalue weighted by Crippen LogP contribution is -2.31. The quantitative estimate of drug-likeness (QED) is 0.682. The maximum atomic E-state index is 13.2. The fourth-order valence-electron chi connectivity index (χ4n) is 2.99. The molecular weight excluding hydrogens is 346 g/mol. The maximum Gasteiger partial charge on any atom is 0.266 e. The van der Waals surface area contributed by atoms with E-state index in [1.807, 2.05) is 43.3 Å². The number of nitrogens with one attached hydrogen (secondary N) is 1. The number of benzene rings is 2. The highest BCUT2D eigenvalue weighted by Crippen LogP contribution is 2.23. The summed E-state index contributed by atoms with van der Waals surface area (Å²) in [6.07, 6.45) is 1.06. The second-order valence-electron chi connectivity index (χ2n) is 6.94. The first-order valence-corrected chi connectivity index (χ1v) is 9.37. The topological polar surface area (TPSA) is 46.9 Å². The first-order valence-electron chi connectivity index (χ1n) is 8.99. The van der Waals surface area contributed by atoms with Gasteiger partial charge in [0.1, 0.15) is 5.82 Å². The average molecular weight is 370 g/mol. The van der Waals surface area contributed by atoms with Gasteiger partial charge in [0, 0.05) is 0 Å². The highest BCUT2D eigenvalue weighted by Gasteiger charge is 2.19. The average Bonchev–Trinajstić information content (AvgIpc) is 2.62. The van der Waals surface area contributed by atoms with Crippen molar-refractivity contribution in [3.8, 4) is 5.69 Å². The van der Waals surface area contributed by atoms with Crippen LogP contribution in [0.1, 0.15) is 39.1 Å². The molecule has 0 bridgehead atoms. The van der Waals surface area contributed by atoms with Crippen LogP contribution >= 0.6 is 11.6 Å². The van der Waals surface area contributed by atoms with Gasteiger partial charge in [-0.2, -0.15) is 0 Å². The molecule has 0 unspecified atom stereocenters. The molecular formula is C21H24ClN3O. The molecule has 2 aromatic carbocycles. The fourth-order valence-corrected chi connectivity index (χ4v) is 3.21. The molecule has 136 valence electrons. The highest BCUT2D eigenvalue weighted by molar-refractivity contribution is 6.32. The van der Waals surface area contributed by atoms with Gasteiger partial charge in [0.15, 0.2) is 0 Å². The Kier molecular flexibility index (Phi) is 5.74. The second-order valence-corrected chi connectivity index (χ2v) is 7.34. The summed E-state index contributed by atoms with van der Waals surface area (Å²) in [6.45, 7) is 7.29. The first-order chi connectivity index (χ1) is 12.5. The summed E-state index contributed by atoms with van der Waals surface area (Å²) >= 11 is 6.40. The van der Waals surface area contributed by atoms with Gasteiger partial charge in [0.2, 0.25) is 0 Å². The normalized spacial score (nSPS) is 12.7. The fraction of sp³-hybridized carbons (Fsp3) is 0.333. The van der Waals surface area contributed by atoms with Crippen molar-refractivity contribution in [1.29, 1.82) is 0 Å². The van der Waals surface area contributed by atoms with Crippen molar-refractivity contribution in [2.75, 3.05) is 6.54 Å². The molecule has 0 aliphatic heterocycles. The maximum absolute atomic E-state index is 13.2. The van der Waals surface area contributed by atoms with E-state index in [9.17, 15) is 4.79 Å². The zero-order valence-electron chi connectivity index (χ0n) is 15.4. The van der Waals surface area contributed by atoms with Crippen LogP contribution in [0.2, 0.25) is 5.02 Å². The van der Waals surface area contributed by atoms with Gasteiger partial charge in [0.25, 0.3) is 5.56 Å². The Hall–Kier alpha value is -2.17. The Bertz CT molecular complexity index is 965. The third-order valence-corrected chi connectivity index (χ3v) is 4.77. The van der Waals surface area contributed by atoms with Crippen LogP contribution in [0.25, 0.3) is 16.6 Å². The number of hydrogen-bond acceptors (Lipinski definition) is 3. The van der Waals surface area contributed by atoms with Crippen molar-refractivity contribution in [3.05, 3.63) is 69.7 Å². The van der Waals surface area contributed by atoms with Crippen molar-refractivity contribution in [2.45, 2.75) is 33.2 Å². The molecule has 0 aliphatic rings. The molecule has 5 heteroatoms. The minimum atomic E-state index is -0.101. The van der Waals surface area contributed by atoms with E-state index in [-0.39, 0.29) is 11.6 Å². The number of hydrogen-bond donors (Lipinski definition) is 1. The molecule has 0 fully saturated rings. The van der Waals surface area contributed by atoms with Crippen molar-refractivity contribution in [3.63, 3.8) is 0 Å². The molecule has 1 heterocycles. The van der Waals surface area contributed by atoms with Gasteiger partial charge in [0.05, 0.1) is 27.7 Å². The van der Waals surface area contributed by atoms with Crippen LogP contribution < -0.4 is 10.9 Å². The van der Waals surface area contributed by atoms with Crippen LogP contribution in [0.4, 0.5) is 0 Å². The van der Waals surface area contributed by atoms with Crippen LogP contribution in [0.3, 0.4) is 0 Å². The summed E-state index contributed by atoms with van der Waals surface area (Å²) < 4.78 is 1.64. The van der Waals surface area contributed by atoms with Crippen molar-refractivity contribution >= 4 is 22.5 Å². The van der Waals surface area contributed by atoms with E-state index in [0.29, 0.717) is 33.4 Å². The van der Waals surface area contributed by atoms with Gasteiger partial charge in [-0.15, -0.1) is 0 Å². The van der Waals surface area contributed by atoms with Crippen molar-refractivity contribution in [1.82, 2.24) is 14.9 Å². The zero-order chi connectivity index (χ0) is 18.7. The largest absolute Gasteiger partial charge is 0.308 e. The Labute approximate surface area is 158 Å². The van der Waals surface area contributed by atoms with Crippen LogP contribution in [0.5, 0.6) is 0 Å². The Morgan fingerprint density at radius 2 is 1.77 bits per heavy atom. The minimum absolute atomic E-state index is 0.0812. The predicted molar refractivity (Wildman–Crippen MR) is 108 cm³/mol. The van der Waals surface area contributed by atoms with Crippen LogP contribution in [-0.2, 0) is 0 Å². The first kappa shape index (κ1) is 18.6. The Balaban J connectivity index is 2.15. The van der Waals surface area contributed by atoms with E-state index in [1.165, 1.54) is 0 Å². The third-order valence-electron chi connectivity index (χ3n) is 4.45. The summed E-state index contributed by atoms with van der Waals surface area (Å²) in [5.74, 6) is 1.29. The van der Waals surface area contributed by atoms with Gasteiger partial charge in [-0.1, -0.05) is 49.7 Å². The lowest BCUT2D eigenvalue weighted by Gasteiger charge is -2.20. The zero-order valence-corrected chi connectivity index (χ0v) is 16.1. The molecule has 0 amide bonds. The summed E-state index contributed by atoms with van der Waals surface area (Å²) in [6, 6.07) is 14.7. The van der Waals surface area contributed by atoms with E-state index < -0.39 is 0 Å². The van der Waals surface area contributed by atoms with Crippen LogP contribution in [0.15, 0.2) is 53.3 Å².